The first-order valence-electron chi connectivity index (χ1n) is 4.31. The molecule has 0 N–H and O–H groups in total. The van der Waals surface area contributed by atoms with E-state index in [9.17, 15) is 9.59 Å². The summed E-state index contributed by atoms with van der Waals surface area (Å²) in [6, 6.07) is 0. The normalized spacial score (nSPS) is 33.8. The Balaban J connectivity index is 2.72. The van der Waals surface area contributed by atoms with Crippen LogP contribution in [0.25, 0.3) is 0 Å². The number of ether oxygens (including phenoxy) is 2. The molecule has 0 aromatic rings. The summed E-state index contributed by atoms with van der Waals surface area (Å²) in [6.45, 7) is 3.38. The van der Waals surface area contributed by atoms with Crippen LogP contribution < -0.4 is 0 Å². The van der Waals surface area contributed by atoms with Gasteiger partial charge in [-0.25, -0.2) is 4.79 Å². The lowest BCUT2D eigenvalue weighted by atomic mass is 9.91. The molecule has 0 bridgehead atoms. The Morgan fingerprint density at radius 3 is 2.77 bits per heavy atom. The molecule has 1 fully saturated rings. The van der Waals surface area contributed by atoms with E-state index in [2.05, 4.69) is 4.74 Å². The molecule has 0 amide bonds. The highest BCUT2D eigenvalue weighted by atomic mass is 16.6. The van der Waals surface area contributed by atoms with Crippen molar-refractivity contribution in [2.45, 2.75) is 32.3 Å². The van der Waals surface area contributed by atoms with Gasteiger partial charge in [0, 0.05) is 0 Å². The predicted molar refractivity (Wildman–Crippen MR) is 44.9 cm³/mol. The molecule has 0 aliphatic carbocycles. The maximum Gasteiger partial charge on any atom is 0.350 e. The van der Waals surface area contributed by atoms with E-state index in [-0.39, 0.29) is 11.9 Å². The maximum absolute atomic E-state index is 11.2. The monoisotopic (exact) mass is 186 g/mol. The van der Waals surface area contributed by atoms with E-state index in [0.29, 0.717) is 12.8 Å². The number of cyclic esters (lactones) is 1. The SMILES string of the molecule is COC(=O)[C@@]1(C)CC[C@H](C)C(=O)O1. The van der Waals surface area contributed by atoms with Crippen molar-refractivity contribution in [1.29, 1.82) is 0 Å². The van der Waals surface area contributed by atoms with Crippen molar-refractivity contribution in [3.05, 3.63) is 0 Å². The van der Waals surface area contributed by atoms with Gasteiger partial charge in [0.15, 0.2) is 0 Å². The van der Waals surface area contributed by atoms with Gasteiger partial charge in [0.2, 0.25) is 5.60 Å². The van der Waals surface area contributed by atoms with Crippen LogP contribution in [0.4, 0.5) is 0 Å². The zero-order chi connectivity index (χ0) is 10.1. The molecule has 74 valence electrons. The summed E-state index contributed by atoms with van der Waals surface area (Å²) in [7, 11) is 1.29. The first-order chi connectivity index (χ1) is 5.99. The molecule has 1 rings (SSSR count). The first kappa shape index (κ1) is 10.0. The summed E-state index contributed by atoms with van der Waals surface area (Å²) in [6.07, 6.45) is 1.21. The van der Waals surface area contributed by atoms with Gasteiger partial charge in [-0.3, -0.25) is 4.79 Å². The lowest BCUT2D eigenvalue weighted by Crippen LogP contribution is -2.46. The van der Waals surface area contributed by atoms with E-state index < -0.39 is 11.6 Å². The van der Waals surface area contributed by atoms with Crippen LogP contribution in [0, 0.1) is 5.92 Å². The molecule has 0 aromatic heterocycles. The summed E-state index contributed by atoms with van der Waals surface area (Å²) in [5.74, 6) is -0.912. The van der Waals surface area contributed by atoms with Gasteiger partial charge in [-0.1, -0.05) is 6.92 Å². The number of esters is 2. The first-order valence-corrected chi connectivity index (χ1v) is 4.31. The summed E-state index contributed by atoms with van der Waals surface area (Å²) >= 11 is 0. The Morgan fingerprint density at radius 1 is 1.69 bits per heavy atom. The molecular formula is C9H14O4. The third kappa shape index (κ3) is 1.82. The van der Waals surface area contributed by atoms with E-state index in [1.165, 1.54) is 7.11 Å². The van der Waals surface area contributed by atoms with Crippen LogP contribution >= 0.6 is 0 Å². The van der Waals surface area contributed by atoms with Crippen molar-refractivity contribution in [2.24, 2.45) is 5.92 Å². The fraction of sp³-hybridized carbons (Fsp3) is 0.778. The van der Waals surface area contributed by atoms with Crippen molar-refractivity contribution in [3.8, 4) is 0 Å². The van der Waals surface area contributed by atoms with Crippen molar-refractivity contribution >= 4 is 11.9 Å². The highest BCUT2D eigenvalue weighted by molar-refractivity contribution is 5.84. The highest BCUT2D eigenvalue weighted by Crippen LogP contribution is 2.29. The Hall–Kier alpha value is -1.06. The van der Waals surface area contributed by atoms with Crippen LogP contribution in [-0.2, 0) is 19.1 Å². The fourth-order valence-electron chi connectivity index (χ4n) is 1.34. The summed E-state index contributed by atoms with van der Waals surface area (Å²) in [4.78, 5) is 22.4. The lowest BCUT2D eigenvalue weighted by molar-refractivity contribution is -0.188. The minimum absolute atomic E-state index is 0.113. The number of hydrogen-bond donors (Lipinski definition) is 0. The summed E-state index contributed by atoms with van der Waals surface area (Å²) in [5, 5.41) is 0. The van der Waals surface area contributed by atoms with Gasteiger partial charge in [-0.05, 0) is 19.8 Å². The lowest BCUT2D eigenvalue weighted by Gasteiger charge is -2.32. The Kier molecular flexibility index (Phi) is 2.59. The highest BCUT2D eigenvalue weighted by Gasteiger charge is 2.43. The van der Waals surface area contributed by atoms with Crippen molar-refractivity contribution in [2.75, 3.05) is 7.11 Å². The van der Waals surface area contributed by atoms with Crippen molar-refractivity contribution in [1.82, 2.24) is 0 Å². The summed E-state index contributed by atoms with van der Waals surface area (Å²) < 4.78 is 9.59. The van der Waals surface area contributed by atoms with Crippen LogP contribution in [-0.4, -0.2) is 24.6 Å². The van der Waals surface area contributed by atoms with Crippen LogP contribution in [0.3, 0.4) is 0 Å². The molecule has 4 heteroatoms. The quantitative estimate of drug-likeness (QED) is 0.571. The largest absolute Gasteiger partial charge is 0.466 e. The van der Waals surface area contributed by atoms with Crippen LogP contribution in [0.2, 0.25) is 0 Å². The van der Waals surface area contributed by atoms with Gasteiger partial charge in [0.25, 0.3) is 0 Å². The molecule has 4 nitrogen and oxygen atoms in total. The van der Waals surface area contributed by atoms with Gasteiger partial charge in [0.05, 0.1) is 13.0 Å². The van der Waals surface area contributed by atoms with E-state index in [4.69, 9.17) is 4.74 Å². The minimum atomic E-state index is -1.07. The number of carbonyl (C=O) groups excluding carboxylic acids is 2. The van der Waals surface area contributed by atoms with Crippen molar-refractivity contribution < 1.29 is 19.1 Å². The van der Waals surface area contributed by atoms with E-state index >= 15 is 0 Å². The summed E-state index contributed by atoms with van der Waals surface area (Å²) in [5.41, 5.74) is -1.07. The molecule has 1 heterocycles. The molecule has 2 atom stereocenters. The van der Waals surface area contributed by atoms with Gasteiger partial charge in [-0.2, -0.15) is 0 Å². The minimum Gasteiger partial charge on any atom is -0.466 e. The number of carbonyl (C=O) groups is 2. The van der Waals surface area contributed by atoms with Crippen LogP contribution in [0.1, 0.15) is 26.7 Å². The molecule has 0 saturated carbocycles. The Morgan fingerprint density at radius 2 is 2.31 bits per heavy atom. The average molecular weight is 186 g/mol. The molecule has 0 spiro atoms. The zero-order valence-electron chi connectivity index (χ0n) is 8.12. The average Bonchev–Trinajstić information content (AvgIpc) is 2.11. The molecule has 1 aliphatic heterocycles. The van der Waals surface area contributed by atoms with Crippen molar-refractivity contribution in [3.63, 3.8) is 0 Å². The molecule has 0 radical (unpaired) electrons. The van der Waals surface area contributed by atoms with E-state index in [0.717, 1.165) is 0 Å². The molecule has 1 aliphatic rings. The fourth-order valence-corrected chi connectivity index (χ4v) is 1.34. The number of hydrogen-bond acceptors (Lipinski definition) is 4. The maximum atomic E-state index is 11.2. The standard InChI is InChI=1S/C9H14O4/c1-6-4-5-9(2,8(11)12-3)13-7(6)10/h6H,4-5H2,1-3H3/t6-,9+/m0/s1. The third-order valence-electron chi connectivity index (χ3n) is 2.40. The topological polar surface area (TPSA) is 52.6 Å². The predicted octanol–water partition coefficient (Wildman–Crippen LogP) is 0.891. The second-order valence-electron chi connectivity index (χ2n) is 3.58. The smallest absolute Gasteiger partial charge is 0.350 e. The Labute approximate surface area is 77.2 Å². The molecule has 13 heavy (non-hydrogen) atoms. The Bertz CT molecular complexity index is 236. The van der Waals surface area contributed by atoms with E-state index in [1.807, 2.05) is 0 Å². The molecule has 0 aromatic carbocycles. The van der Waals surface area contributed by atoms with Gasteiger partial charge < -0.3 is 9.47 Å². The van der Waals surface area contributed by atoms with Crippen LogP contribution in [0.5, 0.6) is 0 Å². The number of methoxy groups -OCH3 is 1. The molecule has 0 unspecified atom stereocenters. The van der Waals surface area contributed by atoms with Gasteiger partial charge in [0.1, 0.15) is 0 Å². The molecule has 1 saturated heterocycles. The third-order valence-corrected chi connectivity index (χ3v) is 2.40. The number of rotatable bonds is 1. The second-order valence-corrected chi connectivity index (χ2v) is 3.58. The molecular weight excluding hydrogens is 172 g/mol. The van der Waals surface area contributed by atoms with Gasteiger partial charge >= 0.3 is 11.9 Å². The zero-order valence-corrected chi connectivity index (χ0v) is 8.12. The second kappa shape index (κ2) is 3.36. The van der Waals surface area contributed by atoms with Gasteiger partial charge in [-0.15, -0.1) is 0 Å². The van der Waals surface area contributed by atoms with E-state index in [1.54, 1.807) is 13.8 Å². The van der Waals surface area contributed by atoms with Crippen LogP contribution in [0.15, 0.2) is 0 Å².